The summed E-state index contributed by atoms with van der Waals surface area (Å²) in [4.78, 5) is 19.8. The van der Waals surface area contributed by atoms with Gasteiger partial charge in [-0.2, -0.15) is 4.98 Å². The minimum atomic E-state index is -4.10. The first-order valence-electron chi connectivity index (χ1n) is 11.9. The van der Waals surface area contributed by atoms with Crippen molar-refractivity contribution < 1.29 is 22.3 Å². The molecule has 11 nitrogen and oxygen atoms in total. The van der Waals surface area contributed by atoms with Gasteiger partial charge in [0.15, 0.2) is 0 Å². The van der Waals surface area contributed by atoms with Crippen LogP contribution in [0, 0.1) is 0 Å². The van der Waals surface area contributed by atoms with Gasteiger partial charge < -0.3 is 19.7 Å². The Morgan fingerprint density at radius 3 is 2.56 bits per heavy atom. The molecule has 36 heavy (non-hydrogen) atoms. The molecule has 1 aliphatic heterocycles. The summed E-state index contributed by atoms with van der Waals surface area (Å²) in [6.07, 6.45) is 8.07. The van der Waals surface area contributed by atoms with Crippen LogP contribution in [0.25, 0.3) is 10.9 Å². The molecule has 2 aliphatic rings. The van der Waals surface area contributed by atoms with Gasteiger partial charge in [0.25, 0.3) is 10.0 Å². The van der Waals surface area contributed by atoms with Crippen LogP contribution in [0.2, 0.25) is 0 Å². The van der Waals surface area contributed by atoms with Crippen LogP contribution in [0.1, 0.15) is 25.7 Å². The van der Waals surface area contributed by atoms with E-state index in [1.165, 1.54) is 6.20 Å². The molecule has 0 aromatic carbocycles. The van der Waals surface area contributed by atoms with Gasteiger partial charge >= 0.3 is 0 Å². The lowest BCUT2D eigenvalue weighted by Gasteiger charge is -2.31. The van der Waals surface area contributed by atoms with E-state index in [4.69, 9.17) is 14.5 Å². The van der Waals surface area contributed by atoms with Crippen LogP contribution >= 0.6 is 0 Å². The summed E-state index contributed by atoms with van der Waals surface area (Å²) in [5.41, 5.74) is 0.767. The van der Waals surface area contributed by atoms with E-state index in [1.807, 2.05) is 6.07 Å². The van der Waals surface area contributed by atoms with E-state index in [0.717, 1.165) is 31.5 Å². The Morgan fingerprint density at radius 1 is 1.08 bits per heavy atom. The Bertz CT molecular complexity index is 1280. The number of anilines is 3. The zero-order valence-corrected chi connectivity index (χ0v) is 20.5. The molecule has 2 fully saturated rings. The highest BCUT2D eigenvalue weighted by atomic mass is 32.2. The van der Waals surface area contributed by atoms with Gasteiger partial charge in [0, 0.05) is 37.6 Å². The Hall–Kier alpha value is -3.32. The summed E-state index contributed by atoms with van der Waals surface area (Å²) in [6.45, 7) is 2.61. The molecule has 0 spiro atoms. The van der Waals surface area contributed by atoms with Crippen molar-refractivity contribution in [1.29, 1.82) is 0 Å². The molecule has 1 aliphatic carbocycles. The topological polar surface area (TPSA) is 131 Å². The van der Waals surface area contributed by atoms with Gasteiger partial charge in [0.1, 0.15) is 11.9 Å². The molecule has 0 amide bonds. The first-order chi connectivity index (χ1) is 17.5. The maximum absolute atomic E-state index is 12.9. The third kappa shape index (κ3) is 5.90. The van der Waals surface area contributed by atoms with E-state index >= 15 is 0 Å². The molecule has 3 aromatic rings. The number of halogens is 1. The average molecular weight is 518 g/mol. The molecule has 1 saturated carbocycles. The van der Waals surface area contributed by atoms with Gasteiger partial charge in [0.05, 0.1) is 36.0 Å². The van der Waals surface area contributed by atoms with Crippen LogP contribution in [-0.4, -0.2) is 72.8 Å². The fourth-order valence-corrected chi connectivity index (χ4v) is 4.95. The molecule has 0 atom stereocenters. The number of ether oxygens (including phenoxy) is 2. The number of aromatic nitrogens is 4. The molecule has 192 valence electrons. The number of rotatable bonds is 8. The van der Waals surface area contributed by atoms with E-state index in [0.29, 0.717) is 49.0 Å². The molecule has 4 heterocycles. The first kappa shape index (κ1) is 24.4. The lowest BCUT2D eigenvalue weighted by Crippen LogP contribution is -2.37. The van der Waals surface area contributed by atoms with Crippen LogP contribution in [0.15, 0.2) is 36.8 Å². The number of pyridine rings is 2. The number of hydrogen-bond acceptors (Lipinski definition) is 10. The van der Waals surface area contributed by atoms with E-state index in [1.54, 1.807) is 24.5 Å². The minimum absolute atomic E-state index is 0.0680. The van der Waals surface area contributed by atoms with Crippen molar-refractivity contribution in [2.24, 2.45) is 0 Å². The molecule has 3 aromatic heterocycles. The van der Waals surface area contributed by atoms with Gasteiger partial charge in [-0.1, -0.05) is 0 Å². The van der Waals surface area contributed by atoms with Crippen molar-refractivity contribution in [3.8, 4) is 5.88 Å². The van der Waals surface area contributed by atoms with Gasteiger partial charge in [-0.3, -0.25) is 9.71 Å². The lowest BCUT2D eigenvalue weighted by atomic mass is 9.93. The van der Waals surface area contributed by atoms with E-state index in [9.17, 15) is 12.8 Å². The summed E-state index contributed by atoms with van der Waals surface area (Å²) in [5, 5.41) is 3.92. The second-order valence-corrected chi connectivity index (χ2v) is 10.5. The Balaban J connectivity index is 1.37. The maximum Gasteiger partial charge on any atom is 0.262 e. The lowest BCUT2D eigenvalue weighted by molar-refractivity contribution is 0.122. The van der Waals surface area contributed by atoms with Crippen molar-refractivity contribution in [2.75, 3.05) is 47.2 Å². The van der Waals surface area contributed by atoms with Crippen molar-refractivity contribution in [3.05, 3.63) is 36.8 Å². The van der Waals surface area contributed by atoms with Crippen molar-refractivity contribution in [2.45, 2.75) is 37.8 Å². The highest BCUT2D eigenvalue weighted by Crippen LogP contribution is 2.33. The molecule has 1 saturated heterocycles. The number of hydrogen-bond donors (Lipinski definition) is 2. The third-order valence-corrected chi connectivity index (χ3v) is 7.07. The van der Waals surface area contributed by atoms with Crippen LogP contribution < -0.4 is 19.7 Å². The van der Waals surface area contributed by atoms with E-state index in [2.05, 4.69) is 29.9 Å². The highest BCUT2D eigenvalue weighted by molar-refractivity contribution is 7.92. The van der Waals surface area contributed by atoms with Gasteiger partial charge in [0.2, 0.25) is 17.8 Å². The van der Waals surface area contributed by atoms with Crippen molar-refractivity contribution >= 4 is 38.4 Å². The fourth-order valence-electron chi connectivity index (χ4n) is 4.43. The highest BCUT2D eigenvalue weighted by Gasteiger charge is 2.25. The smallest absolute Gasteiger partial charge is 0.262 e. The molecule has 0 bridgehead atoms. The van der Waals surface area contributed by atoms with Gasteiger partial charge in [-0.15, -0.1) is 0 Å². The Kier molecular flexibility index (Phi) is 7.28. The number of alkyl halides is 1. The summed E-state index contributed by atoms with van der Waals surface area (Å²) in [5.74, 6) is 1.72. The SMILES string of the molecule is O=S(=O)(CF)Nc1cnc2cc(N3CCOCC3)nc(O[C@H]3CC[C@@H](Nc4ncccn4)CC3)c2c1. The number of morpholine rings is 1. The molecule has 0 radical (unpaired) electrons. The molecule has 13 heteroatoms. The van der Waals surface area contributed by atoms with Gasteiger partial charge in [-0.25, -0.2) is 22.8 Å². The fraction of sp³-hybridized carbons (Fsp3) is 0.478. The normalized spacial score (nSPS) is 20.8. The zero-order valence-electron chi connectivity index (χ0n) is 19.6. The van der Waals surface area contributed by atoms with Crippen molar-refractivity contribution in [1.82, 2.24) is 19.9 Å². The second kappa shape index (κ2) is 10.7. The maximum atomic E-state index is 12.9. The molecule has 5 rings (SSSR count). The van der Waals surface area contributed by atoms with Crippen LogP contribution in [0.3, 0.4) is 0 Å². The first-order valence-corrected chi connectivity index (χ1v) is 13.5. The molecule has 2 N–H and O–H groups in total. The van der Waals surface area contributed by atoms with Gasteiger partial charge in [-0.05, 0) is 37.8 Å². The second-order valence-electron chi connectivity index (χ2n) is 8.81. The largest absolute Gasteiger partial charge is 0.474 e. The number of sulfonamides is 1. The van der Waals surface area contributed by atoms with Crippen LogP contribution in [-0.2, 0) is 14.8 Å². The quantitative estimate of drug-likeness (QED) is 0.460. The number of fused-ring (bicyclic) bond motifs is 1. The monoisotopic (exact) mass is 517 g/mol. The molecular weight excluding hydrogens is 489 g/mol. The van der Waals surface area contributed by atoms with E-state index in [-0.39, 0.29) is 17.8 Å². The molecule has 0 unspecified atom stereocenters. The minimum Gasteiger partial charge on any atom is -0.474 e. The average Bonchev–Trinajstić information content (AvgIpc) is 2.91. The zero-order chi connectivity index (χ0) is 25.0. The molecular formula is C23H28FN7O4S. The summed E-state index contributed by atoms with van der Waals surface area (Å²) in [7, 11) is -4.10. The predicted molar refractivity (Wildman–Crippen MR) is 133 cm³/mol. The Morgan fingerprint density at radius 2 is 1.83 bits per heavy atom. The standard InChI is InChI=1S/C23H28FN7O4S/c24-15-36(32,33)30-17-12-19-20(27-14-17)13-21(31-8-10-34-11-9-31)29-22(19)35-18-4-2-16(3-5-18)28-23-25-6-1-7-26-23/h1,6-7,12-14,16,18,30H,2-5,8-11,15H2,(H,25,26,28)/t16-,18+. The number of nitrogens with zero attached hydrogens (tertiary/aromatic N) is 5. The number of nitrogens with one attached hydrogen (secondary N) is 2. The van der Waals surface area contributed by atoms with Crippen molar-refractivity contribution in [3.63, 3.8) is 0 Å². The van der Waals surface area contributed by atoms with Crippen LogP contribution in [0.4, 0.5) is 21.8 Å². The predicted octanol–water partition coefficient (Wildman–Crippen LogP) is 2.73. The van der Waals surface area contributed by atoms with E-state index < -0.39 is 16.0 Å². The van der Waals surface area contributed by atoms with Crippen LogP contribution in [0.5, 0.6) is 5.88 Å². The summed E-state index contributed by atoms with van der Waals surface area (Å²) < 4.78 is 50.4. The summed E-state index contributed by atoms with van der Waals surface area (Å²) >= 11 is 0. The summed E-state index contributed by atoms with van der Waals surface area (Å²) in [6, 6.07) is 3.94. The Labute approximate surface area is 208 Å². The third-order valence-electron chi connectivity index (χ3n) is 6.23.